The van der Waals surface area contributed by atoms with Crippen LogP contribution in [0.4, 0.5) is 11.6 Å². The second-order valence-electron chi connectivity index (χ2n) is 5.17. The molecule has 1 aliphatic rings. The molecule has 1 aliphatic carbocycles. The van der Waals surface area contributed by atoms with Gasteiger partial charge in [-0.15, -0.1) is 0 Å². The third kappa shape index (κ3) is 4.67. The molecule has 106 valence electrons. The first-order chi connectivity index (χ1) is 9.28. The number of aromatic nitrogens is 2. The molecular weight excluding hydrogens is 240 g/mol. The van der Waals surface area contributed by atoms with Gasteiger partial charge >= 0.3 is 0 Å². The minimum Gasteiger partial charge on any atom is -0.395 e. The molecule has 0 unspecified atom stereocenters. The Hall–Kier alpha value is -1.36. The van der Waals surface area contributed by atoms with Gasteiger partial charge in [0.25, 0.3) is 0 Å². The monoisotopic (exact) mass is 264 g/mol. The summed E-state index contributed by atoms with van der Waals surface area (Å²) in [5, 5.41) is 15.4. The standard InChI is InChI=1S/C14H24N4O/c1-11-16-13(15-8-9-19)10-14(17-11)18-12-6-4-2-3-5-7-12/h10,12,19H,2-9H2,1H3,(H2,15,16,17,18). The maximum atomic E-state index is 8.84. The minimum atomic E-state index is 0.106. The fourth-order valence-electron chi connectivity index (χ4n) is 2.55. The van der Waals surface area contributed by atoms with Gasteiger partial charge in [-0.25, -0.2) is 9.97 Å². The van der Waals surface area contributed by atoms with Crippen LogP contribution in [0.3, 0.4) is 0 Å². The van der Waals surface area contributed by atoms with E-state index >= 15 is 0 Å². The Morgan fingerprint density at radius 1 is 1.16 bits per heavy atom. The number of aryl methyl sites for hydroxylation is 1. The van der Waals surface area contributed by atoms with Gasteiger partial charge in [0.05, 0.1) is 6.61 Å². The number of hydrogen-bond donors (Lipinski definition) is 3. The van der Waals surface area contributed by atoms with Crippen molar-refractivity contribution in [2.45, 2.75) is 51.5 Å². The zero-order chi connectivity index (χ0) is 13.5. The van der Waals surface area contributed by atoms with Crippen LogP contribution in [0.25, 0.3) is 0 Å². The second kappa shape index (κ2) is 7.28. The maximum Gasteiger partial charge on any atom is 0.132 e. The van der Waals surface area contributed by atoms with Gasteiger partial charge in [-0.1, -0.05) is 25.7 Å². The molecule has 5 nitrogen and oxygen atoms in total. The molecule has 1 aromatic heterocycles. The Morgan fingerprint density at radius 3 is 2.53 bits per heavy atom. The first-order valence-electron chi connectivity index (χ1n) is 7.25. The molecular formula is C14H24N4O. The van der Waals surface area contributed by atoms with Crippen LogP contribution in [0.2, 0.25) is 0 Å². The van der Waals surface area contributed by atoms with E-state index < -0.39 is 0 Å². The van der Waals surface area contributed by atoms with Gasteiger partial charge in [-0.2, -0.15) is 0 Å². The van der Waals surface area contributed by atoms with Crippen LogP contribution in [0.15, 0.2) is 6.07 Å². The number of nitrogens with one attached hydrogen (secondary N) is 2. The van der Waals surface area contributed by atoms with Crippen LogP contribution in [0.1, 0.15) is 44.3 Å². The van der Waals surface area contributed by atoms with Crippen LogP contribution in [-0.2, 0) is 0 Å². The summed E-state index contributed by atoms with van der Waals surface area (Å²) in [5.41, 5.74) is 0. The molecule has 0 bridgehead atoms. The number of rotatable bonds is 5. The lowest BCUT2D eigenvalue weighted by Gasteiger charge is -2.17. The SMILES string of the molecule is Cc1nc(NCCO)cc(NC2CCCCCC2)n1. The van der Waals surface area contributed by atoms with E-state index in [1.807, 2.05) is 13.0 Å². The van der Waals surface area contributed by atoms with Gasteiger partial charge in [-0.3, -0.25) is 0 Å². The normalized spacial score (nSPS) is 16.9. The van der Waals surface area contributed by atoms with E-state index in [2.05, 4.69) is 20.6 Å². The van der Waals surface area contributed by atoms with Gasteiger partial charge in [0, 0.05) is 18.7 Å². The van der Waals surface area contributed by atoms with Gasteiger partial charge in [0.1, 0.15) is 17.5 Å². The predicted octanol–water partition coefficient (Wildman–Crippen LogP) is 2.32. The van der Waals surface area contributed by atoms with Crippen molar-refractivity contribution in [3.8, 4) is 0 Å². The van der Waals surface area contributed by atoms with Crippen LogP contribution in [0.5, 0.6) is 0 Å². The molecule has 0 saturated heterocycles. The first-order valence-corrected chi connectivity index (χ1v) is 7.25. The van der Waals surface area contributed by atoms with Crippen molar-refractivity contribution in [3.05, 3.63) is 11.9 Å². The van der Waals surface area contributed by atoms with Crippen molar-refractivity contribution in [1.29, 1.82) is 0 Å². The summed E-state index contributed by atoms with van der Waals surface area (Å²) in [6.07, 6.45) is 7.76. The Balaban J connectivity index is 1.99. The van der Waals surface area contributed by atoms with Gasteiger partial charge in [0.15, 0.2) is 0 Å². The van der Waals surface area contributed by atoms with Crippen molar-refractivity contribution >= 4 is 11.6 Å². The van der Waals surface area contributed by atoms with Crippen LogP contribution < -0.4 is 10.6 Å². The van der Waals surface area contributed by atoms with E-state index in [0.29, 0.717) is 12.6 Å². The molecule has 0 aliphatic heterocycles. The molecule has 5 heteroatoms. The highest BCUT2D eigenvalue weighted by atomic mass is 16.3. The van der Waals surface area contributed by atoms with Crippen molar-refractivity contribution in [2.24, 2.45) is 0 Å². The number of aliphatic hydroxyl groups is 1. The van der Waals surface area contributed by atoms with E-state index in [-0.39, 0.29) is 6.61 Å². The Kier molecular flexibility index (Phi) is 5.39. The van der Waals surface area contributed by atoms with Crippen molar-refractivity contribution in [3.63, 3.8) is 0 Å². The van der Waals surface area contributed by atoms with Gasteiger partial charge in [-0.05, 0) is 19.8 Å². The van der Waals surface area contributed by atoms with Crippen molar-refractivity contribution in [2.75, 3.05) is 23.8 Å². The van der Waals surface area contributed by atoms with Gasteiger partial charge in [0.2, 0.25) is 0 Å². The molecule has 19 heavy (non-hydrogen) atoms. The average Bonchev–Trinajstić information content (AvgIpc) is 2.64. The number of aliphatic hydroxyl groups excluding tert-OH is 1. The molecule has 1 saturated carbocycles. The quantitative estimate of drug-likeness (QED) is 0.712. The van der Waals surface area contributed by atoms with E-state index in [4.69, 9.17) is 5.11 Å². The third-order valence-corrected chi connectivity index (χ3v) is 3.46. The highest BCUT2D eigenvalue weighted by Crippen LogP contribution is 2.21. The lowest BCUT2D eigenvalue weighted by molar-refractivity contribution is 0.311. The fourth-order valence-corrected chi connectivity index (χ4v) is 2.55. The van der Waals surface area contributed by atoms with Crippen LogP contribution in [0, 0.1) is 6.92 Å². The summed E-state index contributed by atoms with van der Waals surface area (Å²) < 4.78 is 0. The van der Waals surface area contributed by atoms with E-state index in [9.17, 15) is 0 Å². The molecule has 3 N–H and O–H groups in total. The van der Waals surface area contributed by atoms with Gasteiger partial charge < -0.3 is 15.7 Å². The molecule has 0 atom stereocenters. The lowest BCUT2D eigenvalue weighted by Crippen LogP contribution is -2.20. The van der Waals surface area contributed by atoms with Crippen molar-refractivity contribution < 1.29 is 5.11 Å². The molecule has 0 amide bonds. The molecule has 1 heterocycles. The lowest BCUT2D eigenvalue weighted by atomic mass is 10.1. The third-order valence-electron chi connectivity index (χ3n) is 3.46. The van der Waals surface area contributed by atoms with Crippen molar-refractivity contribution in [1.82, 2.24) is 9.97 Å². The Bertz CT molecular complexity index is 389. The smallest absolute Gasteiger partial charge is 0.132 e. The van der Waals surface area contributed by atoms with E-state index in [1.165, 1.54) is 38.5 Å². The highest BCUT2D eigenvalue weighted by Gasteiger charge is 2.13. The number of anilines is 2. The fraction of sp³-hybridized carbons (Fsp3) is 0.714. The number of nitrogens with zero attached hydrogens (tertiary/aromatic N) is 2. The molecule has 1 aromatic rings. The summed E-state index contributed by atoms with van der Waals surface area (Å²) >= 11 is 0. The summed E-state index contributed by atoms with van der Waals surface area (Å²) in [6.45, 7) is 2.51. The van der Waals surface area contributed by atoms with E-state index in [0.717, 1.165) is 17.5 Å². The molecule has 0 radical (unpaired) electrons. The topological polar surface area (TPSA) is 70.1 Å². The Morgan fingerprint density at radius 2 is 1.84 bits per heavy atom. The summed E-state index contributed by atoms with van der Waals surface area (Å²) in [7, 11) is 0. The molecule has 2 rings (SSSR count). The summed E-state index contributed by atoms with van der Waals surface area (Å²) in [4.78, 5) is 8.75. The predicted molar refractivity (Wildman–Crippen MR) is 77.5 cm³/mol. The van der Waals surface area contributed by atoms with E-state index in [1.54, 1.807) is 0 Å². The number of hydrogen-bond acceptors (Lipinski definition) is 5. The first kappa shape index (κ1) is 14.1. The largest absolute Gasteiger partial charge is 0.395 e. The van der Waals surface area contributed by atoms with Crippen LogP contribution in [-0.4, -0.2) is 34.3 Å². The zero-order valence-corrected chi connectivity index (χ0v) is 11.7. The second-order valence-corrected chi connectivity index (χ2v) is 5.17. The maximum absolute atomic E-state index is 8.84. The Labute approximate surface area is 114 Å². The van der Waals surface area contributed by atoms with Crippen LogP contribution >= 0.6 is 0 Å². The summed E-state index contributed by atoms with van der Waals surface area (Å²) in [5.74, 6) is 2.41. The highest BCUT2D eigenvalue weighted by molar-refractivity contribution is 5.48. The zero-order valence-electron chi connectivity index (χ0n) is 11.7. The summed E-state index contributed by atoms with van der Waals surface area (Å²) in [6, 6.07) is 2.45. The molecule has 0 aromatic carbocycles. The minimum absolute atomic E-state index is 0.106. The average molecular weight is 264 g/mol. The molecule has 1 fully saturated rings. The molecule has 0 spiro atoms.